The predicted molar refractivity (Wildman–Crippen MR) is 118 cm³/mol. The van der Waals surface area contributed by atoms with E-state index in [1.807, 2.05) is 29.3 Å². The van der Waals surface area contributed by atoms with Crippen LogP contribution in [0.1, 0.15) is 13.0 Å². The highest BCUT2D eigenvalue weighted by Crippen LogP contribution is 2.28. The maximum absolute atomic E-state index is 13.2. The molecule has 1 aliphatic rings. The van der Waals surface area contributed by atoms with Crippen LogP contribution >= 0.6 is 46.8 Å². The van der Waals surface area contributed by atoms with Crippen LogP contribution in [-0.4, -0.2) is 56.7 Å². The molecule has 3 aromatic rings. The van der Waals surface area contributed by atoms with E-state index in [1.54, 1.807) is 28.2 Å². The van der Waals surface area contributed by atoms with Gasteiger partial charge in [-0.1, -0.05) is 29.3 Å². The first-order chi connectivity index (χ1) is 14.0. The average Bonchev–Trinajstić information content (AvgIpc) is 3.36. The average molecular weight is 469 g/mol. The zero-order valence-electron chi connectivity index (χ0n) is 15.5. The number of piperazine rings is 1. The lowest BCUT2D eigenvalue weighted by atomic mass is 10.2. The first-order valence-electron chi connectivity index (χ1n) is 9.01. The number of carbonyl (C=O) groups is 1. The summed E-state index contributed by atoms with van der Waals surface area (Å²) in [5.41, 5.74) is 0. The lowest BCUT2D eigenvalue weighted by Gasteiger charge is -2.37. The van der Waals surface area contributed by atoms with E-state index >= 15 is 0 Å². The SMILES string of the molecule is CC(C(=O)N1CCN(c2ncc(Cl)cc2Cl)CC1)n1c(-c2cccs2)n[nH]c1=S. The summed E-state index contributed by atoms with van der Waals surface area (Å²) >= 11 is 19.1. The number of hydrogen-bond donors (Lipinski definition) is 1. The summed E-state index contributed by atoms with van der Waals surface area (Å²) in [6.07, 6.45) is 1.58. The van der Waals surface area contributed by atoms with Gasteiger partial charge in [0.1, 0.15) is 11.9 Å². The molecule has 1 saturated heterocycles. The lowest BCUT2D eigenvalue weighted by Crippen LogP contribution is -2.50. The number of aromatic nitrogens is 4. The number of anilines is 1. The van der Waals surface area contributed by atoms with E-state index in [4.69, 9.17) is 35.4 Å². The highest BCUT2D eigenvalue weighted by Gasteiger charge is 2.29. The van der Waals surface area contributed by atoms with Crippen molar-refractivity contribution >= 4 is 58.5 Å². The molecule has 11 heteroatoms. The smallest absolute Gasteiger partial charge is 0.245 e. The first kappa shape index (κ1) is 20.3. The summed E-state index contributed by atoms with van der Waals surface area (Å²) in [5.74, 6) is 1.38. The van der Waals surface area contributed by atoms with Gasteiger partial charge in [0.25, 0.3) is 0 Å². The van der Waals surface area contributed by atoms with Crippen molar-refractivity contribution in [1.29, 1.82) is 0 Å². The zero-order chi connectivity index (χ0) is 20.5. The Balaban J connectivity index is 1.48. The molecule has 1 aliphatic heterocycles. The van der Waals surface area contributed by atoms with Crippen molar-refractivity contribution in [2.75, 3.05) is 31.1 Å². The van der Waals surface area contributed by atoms with Crippen molar-refractivity contribution in [1.82, 2.24) is 24.6 Å². The summed E-state index contributed by atoms with van der Waals surface area (Å²) in [4.78, 5) is 22.4. The molecule has 0 radical (unpaired) electrons. The predicted octanol–water partition coefficient (Wildman–Crippen LogP) is 4.28. The summed E-state index contributed by atoms with van der Waals surface area (Å²) in [7, 11) is 0. The van der Waals surface area contributed by atoms with Gasteiger partial charge >= 0.3 is 0 Å². The van der Waals surface area contributed by atoms with E-state index in [-0.39, 0.29) is 5.91 Å². The van der Waals surface area contributed by atoms with Crippen LogP contribution in [0.4, 0.5) is 5.82 Å². The van der Waals surface area contributed by atoms with Gasteiger partial charge < -0.3 is 9.80 Å². The van der Waals surface area contributed by atoms with E-state index in [9.17, 15) is 4.79 Å². The summed E-state index contributed by atoms with van der Waals surface area (Å²) in [6.45, 7) is 4.28. The summed E-state index contributed by atoms with van der Waals surface area (Å²) in [6, 6.07) is 5.13. The number of carbonyl (C=O) groups excluding carboxylic acids is 1. The van der Waals surface area contributed by atoms with Crippen LogP contribution in [0.25, 0.3) is 10.7 Å². The number of hydrogen-bond acceptors (Lipinski definition) is 6. The first-order valence-corrected chi connectivity index (χ1v) is 11.1. The van der Waals surface area contributed by atoms with Gasteiger partial charge in [0.05, 0.1) is 14.9 Å². The van der Waals surface area contributed by atoms with Crippen molar-refractivity contribution < 1.29 is 4.79 Å². The number of halogens is 2. The fraction of sp³-hybridized carbons (Fsp3) is 0.333. The van der Waals surface area contributed by atoms with E-state index in [0.29, 0.717) is 52.6 Å². The Morgan fingerprint density at radius 2 is 2.07 bits per heavy atom. The van der Waals surface area contributed by atoms with Gasteiger partial charge in [-0.15, -0.1) is 11.3 Å². The molecular weight excluding hydrogens is 451 g/mol. The molecule has 0 spiro atoms. The quantitative estimate of drug-likeness (QED) is 0.578. The Kier molecular flexibility index (Phi) is 5.91. The molecule has 3 aromatic heterocycles. The van der Waals surface area contributed by atoms with E-state index in [2.05, 4.69) is 20.1 Å². The van der Waals surface area contributed by atoms with Gasteiger partial charge in [0.15, 0.2) is 10.6 Å². The number of amides is 1. The van der Waals surface area contributed by atoms with Gasteiger partial charge in [-0.25, -0.2) is 4.98 Å². The largest absolute Gasteiger partial charge is 0.352 e. The molecule has 0 aromatic carbocycles. The number of aromatic amines is 1. The minimum absolute atomic E-state index is 0.00937. The van der Waals surface area contributed by atoms with Crippen molar-refractivity contribution in [3.05, 3.63) is 44.6 Å². The van der Waals surface area contributed by atoms with Crippen molar-refractivity contribution in [2.45, 2.75) is 13.0 Å². The molecule has 1 unspecified atom stereocenters. The maximum Gasteiger partial charge on any atom is 0.245 e. The van der Waals surface area contributed by atoms with Crippen molar-refractivity contribution in [3.63, 3.8) is 0 Å². The second kappa shape index (κ2) is 8.43. The van der Waals surface area contributed by atoms with Gasteiger partial charge in [-0.2, -0.15) is 5.10 Å². The van der Waals surface area contributed by atoms with Crippen LogP contribution in [0.3, 0.4) is 0 Å². The molecule has 1 atom stereocenters. The molecule has 1 fully saturated rings. The molecule has 0 saturated carbocycles. The van der Waals surface area contributed by atoms with Gasteiger partial charge in [0.2, 0.25) is 5.91 Å². The summed E-state index contributed by atoms with van der Waals surface area (Å²) < 4.78 is 2.22. The third-order valence-corrected chi connectivity index (χ3v) is 6.51. The van der Waals surface area contributed by atoms with Crippen molar-refractivity contribution in [2.24, 2.45) is 0 Å². The second-order valence-corrected chi connectivity index (χ2v) is 8.82. The molecule has 7 nitrogen and oxygen atoms in total. The van der Waals surface area contributed by atoms with Crippen LogP contribution in [0.2, 0.25) is 10.0 Å². The monoisotopic (exact) mass is 468 g/mol. The number of thiophene rings is 1. The number of pyridine rings is 1. The minimum Gasteiger partial charge on any atom is -0.352 e. The zero-order valence-corrected chi connectivity index (χ0v) is 18.7. The van der Waals surface area contributed by atoms with Crippen LogP contribution in [-0.2, 0) is 4.79 Å². The van der Waals surface area contributed by atoms with E-state index in [0.717, 1.165) is 4.88 Å². The Bertz CT molecular complexity index is 1070. The fourth-order valence-corrected chi connectivity index (χ4v) is 4.90. The molecule has 1 amide bonds. The molecule has 152 valence electrons. The van der Waals surface area contributed by atoms with Crippen LogP contribution in [0, 0.1) is 4.77 Å². The summed E-state index contributed by atoms with van der Waals surface area (Å²) in [5, 5.41) is 10.1. The second-order valence-electron chi connectivity index (χ2n) is 6.65. The molecule has 4 heterocycles. The van der Waals surface area contributed by atoms with Crippen molar-refractivity contribution in [3.8, 4) is 10.7 Å². The van der Waals surface area contributed by atoms with E-state index in [1.165, 1.54) is 0 Å². The molecular formula is C18H18Cl2N6OS2. The van der Waals surface area contributed by atoms with Crippen LogP contribution < -0.4 is 4.90 Å². The fourth-order valence-electron chi connectivity index (χ4n) is 3.40. The Morgan fingerprint density at radius 1 is 1.31 bits per heavy atom. The number of H-pyrrole nitrogens is 1. The van der Waals surface area contributed by atoms with Gasteiger partial charge in [0, 0.05) is 32.4 Å². The topological polar surface area (TPSA) is 70.1 Å². The van der Waals surface area contributed by atoms with Gasteiger partial charge in [-0.05, 0) is 36.7 Å². The molecule has 1 N–H and O–H groups in total. The third kappa shape index (κ3) is 4.05. The lowest BCUT2D eigenvalue weighted by molar-refractivity contribution is -0.134. The minimum atomic E-state index is -0.456. The number of nitrogens with one attached hydrogen (secondary N) is 1. The molecule has 29 heavy (non-hydrogen) atoms. The molecule has 0 bridgehead atoms. The standard InChI is InChI=1S/C18H18Cl2N6OS2/c1-11(26-16(22-23-18(26)28)14-3-2-8-29-14)17(27)25-6-4-24(5-7-25)15-13(20)9-12(19)10-21-15/h2-3,8-11H,4-7H2,1H3,(H,23,28). The Labute approximate surface area is 186 Å². The highest BCUT2D eigenvalue weighted by molar-refractivity contribution is 7.71. The van der Waals surface area contributed by atoms with Gasteiger partial charge in [-0.3, -0.25) is 14.5 Å². The number of rotatable bonds is 4. The Morgan fingerprint density at radius 3 is 2.72 bits per heavy atom. The Hall–Kier alpha value is -1.94. The van der Waals surface area contributed by atoms with E-state index < -0.39 is 6.04 Å². The maximum atomic E-state index is 13.2. The number of nitrogens with zero attached hydrogens (tertiary/aromatic N) is 5. The molecule has 4 rings (SSSR count). The molecule has 0 aliphatic carbocycles. The highest BCUT2D eigenvalue weighted by atomic mass is 35.5. The third-order valence-electron chi connectivity index (χ3n) is 4.87. The van der Waals surface area contributed by atoms with Crippen LogP contribution in [0.5, 0.6) is 0 Å². The van der Waals surface area contributed by atoms with Crippen LogP contribution in [0.15, 0.2) is 29.8 Å². The normalized spacial score (nSPS) is 15.6.